The van der Waals surface area contributed by atoms with Crippen molar-refractivity contribution in [3.63, 3.8) is 0 Å². The van der Waals surface area contributed by atoms with Gasteiger partial charge in [-0.3, -0.25) is 9.69 Å². The van der Waals surface area contributed by atoms with Gasteiger partial charge < -0.3 is 10.2 Å². The first-order valence-electron chi connectivity index (χ1n) is 11.3. The Labute approximate surface area is 192 Å². The van der Waals surface area contributed by atoms with Crippen molar-refractivity contribution in [1.82, 2.24) is 15.2 Å². The highest BCUT2D eigenvalue weighted by molar-refractivity contribution is 7.22. The van der Waals surface area contributed by atoms with Crippen molar-refractivity contribution in [2.75, 3.05) is 44.2 Å². The number of nitrogens with one attached hydrogen (secondary N) is 1. The van der Waals surface area contributed by atoms with E-state index in [1.54, 1.807) is 11.3 Å². The van der Waals surface area contributed by atoms with Crippen LogP contribution in [0.4, 0.5) is 5.13 Å². The minimum Gasteiger partial charge on any atom is -0.351 e. The summed E-state index contributed by atoms with van der Waals surface area (Å²) in [6.45, 7) is 7.63. The first-order valence-corrected chi connectivity index (χ1v) is 12.1. The molecule has 164 valence electrons. The molecule has 1 saturated heterocycles. The second-order valence-corrected chi connectivity index (χ2v) is 9.31. The van der Waals surface area contributed by atoms with E-state index in [4.69, 9.17) is 4.98 Å². The summed E-state index contributed by atoms with van der Waals surface area (Å²) in [5.41, 5.74) is 3.18. The molecule has 0 spiro atoms. The Balaban J connectivity index is 1.11. The van der Waals surface area contributed by atoms with Gasteiger partial charge in [-0.05, 0) is 47.0 Å². The van der Waals surface area contributed by atoms with E-state index < -0.39 is 0 Å². The van der Waals surface area contributed by atoms with Crippen LogP contribution in [0.1, 0.15) is 22.8 Å². The molecular formula is C26H28N4OS. The molecule has 1 aromatic heterocycles. The van der Waals surface area contributed by atoms with E-state index in [1.807, 2.05) is 36.4 Å². The minimum atomic E-state index is -0.00434. The summed E-state index contributed by atoms with van der Waals surface area (Å²) in [4.78, 5) is 22.2. The topological polar surface area (TPSA) is 48.5 Å². The predicted octanol–water partition coefficient (Wildman–Crippen LogP) is 4.56. The molecule has 5 rings (SSSR count). The number of rotatable bonds is 6. The Morgan fingerprint density at radius 2 is 1.81 bits per heavy atom. The summed E-state index contributed by atoms with van der Waals surface area (Å²) < 4.78 is 1.28. The van der Waals surface area contributed by atoms with Gasteiger partial charge in [0.15, 0.2) is 5.13 Å². The van der Waals surface area contributed by atoms with Gasteiger partial charge in [0.1, 0.15) is 0 Å². The van der Waals surface area contributed by atoms with Crippen molar-refractivity contribution in [2.24, 2.45) is 0 Å². The summed E-state index contributed by atoms with van der Waals surface area (Å²) in [6, 6.07) is 20.6. The summed E-state index contributed by atoms with van der Waals surface area (Å²) in [6.07, 6.45) is 1.05. The third kappa shape index (κ3) is 4.47. The van der Waals surface area contributed by atoms with Gasteiger partial charge in [0.2, 0.25) is 0 Å². The van der Waals surface area contributed by atoms with Crippen LogP contribution in [0.25, 0.3) is 21.0 Å². The molecule has 0 atom stereocenters. The number of aryl methyl sites for hydroxylation is 1. The second kappa shape index (κ2) is 9.27. The molecule has 5 nitrogen and oxygen atoms in total. The lowest BCUT2D eigenvalue weighted by Gasteiger charge is -2.34. The first kappa shape index (κ1) is 20.9. The standard InChI is InChI=1S/C26H28N4OS/c1-2-19-7-10-23-24(17-19)32-26(28-23)30-15-13-29(14-16-30)12-11-27-25(31)22-9-8-20-5-3-4-6-21(20)18-22/h3-10,17-18H,2,11-16H2,1H3,(H,27,31). The van der Waals surface area contributed by atoms with Crippen LogP contribution >= 0.6 is 11.3 Å². The average Bonchev–Trinajstić information content (AvgIpc) is 3.27. The summed E-state index contributed by atoms with van der Waals surface area (Å²) in [7, 11) is 0. The van der Waals surface area contributed by atoms with Crippen LogP contribution in [-0.2, 0) is 6.42 Å². The molecule has 3 aromatic carbocycles. The zero-order chi connectivity index (χ0) is 21.9. The lowest BCUT2D eigenvalue weighted by atomic mass is 10.1. The minimum absolute atomic E-state index is 0.00434. The number of carbonyl (C=O) groups is 1. The van der Waals surface area contributed by atoms with Gasteiger partial charge in [0, 0.05) is 44.8 Å². The fraction of sp³-hybridized carbons (Fsp3) is 0.308. The number of anilines is 1. The van der Waals surface area contributed by atoms with E-state index in [9.17, 15) is 4.79 Å². The molecule has 1 N–H and O–H groups in total. The van der Waals surface area contributed by atoms with Crippen molar-refractivity contribution >= 4 is 43.4 Å². The molecule has 1 aliphatic rings. The van der Waals surface area contributed by atoms with Gasteiger partial charge in [0.05, 0.1) is 10.2 Å². The third-order valence-electron chi connectivity index (χ3n) is 6.22. The monoisotopic (exact) mass is 444 g/mol. The smallest absolute Gasteiger partial charge is 0.251 e. The van der Waals surface area contributed by atoms with Crippen LogP contribution in [0.3, 0.4) is 0 Å². The second-order valence-electron chi connectivity index (χ2n) is 8.30. The highest BCUT2D eigenvalue weighted by atomic mass is 32.1. The van der Waals surface area contributed by atoms with Gasteiger partial charge in [-0.25, -0.2) is 4.98 Å². The summed E-state index contributed by atoms with van der Waals surface area (Å²) >= 11 is 1.79. The third-order valence-corrected chi connectivity index (χ3v) is 7.30. The van der Waals surface area contributed by atoms with E-state index >= 15 is 0 Å². The van der Waals surface area contributed by atoms with Crippen molar-refractivity contribution in [3.8, 4) is 0 Å². The van der Waals surface area contributed by atoms with Crippen LogP contribution in [0.15, 0.2) is 60.7 Å². The van der Waals surface area contributed by atoms with Gasteiger partial charge in [0.25, 0.3) is 5.91 Å². The molecule has 1 fully saturated rings. The van der Waals surface area contributed by atoms with Gasteiger partial charge in [-0.2, -0.15) is 0 Å². The van der Waals surface area contributed by atoms with Gasteiger partial charge in [-0.1, -0.05) is 54.7 Å². The molecule has 0 bridgehead atoms. The fourth-order valence-corrected chi connectivity index (χ4v) is 5.32. The number of piperazine rings is 1. The maximum absolute atomic E-state index is 12.6. The lowest BCUT2D eigenvalue weighted by Crippen LogP contribution is -2.48. The molecular weight excluding hydrogens is 416 g/mol. The van der Waals surface area contributed by atoms with E-state index in [2.05, 4.69) is 46.3 Å². The lowest BCUT2D eigenvalue weighted by molar-refractivity contribution is 0.0948. The Hall–Kier alpha value is -2.96. The zero-order valence-electron chi connectivity index (χ0n) is 18.4. The molecule has 6 heteroatoms. The number of nitrogens with zero attached hydrogens (tertiary/aromatic N) is 3. The Morgan fingerprint density at radius 3 is 2.62 bits per heavy atom. The maximum Gasteiger partial charge on any atom is 0.251 e. The SMILES string of the molecule is CCc1ccc2nc(N3CCN(CCNC(=O)c4ccc5ccccc5c4)CC3)sc2c1. The predicted molar refractivity (Wildman–Crippen MR) is 134 cm³/mol. The number of aromatic nitrogens is 1. The highest BCUT2D eigenvalue weighted by Crippen LogP contribution is 2.30. The quantitative estimate of drug-likeness (QED) is 0.474. The largest absolute Gasteiger partial charge is 0.351 e. The van der Waals surface area contributed by atoms with Crippen LogP contribution in [0, 0.1) is 0 Å². The van der Waals surface area contributed by atoms with E-state index in [0.29, 0.717) is 6.54 Å². The molecule has 0 saturated carbocycles. The molecule has 32 heavy (non-hydrogen) atoms. The number of carbonyl (C=O) groups excluding carboxylic acids is 1. The number of hydrogen-bond acceptors (Lipinski definition) is 5. The molecule has 1 amide bonds. The Bertz CT molecular complexity index is 1240. The maximum atomic E-state index is 12.6. The Kier molecular flexibility index (Phi) is 6.06. The molecule has 1 aliphatic heterocycles. The summed E-state index contributed by atoms with van der Waals surface area (Å²) in [5.74, 6) is -0.00434. The van der Waals surface area contributed by atoms with Crippen LogP contribution in [0.2, 0.25) is 0 Å². The van der Waals surface area contributed by atoms with Crippen LogP contribution < -0.4 is 10.2 Å². The highest BCUT2D eigenvalue weighted by Gasteiger charge is 2.20. The Morgan fingerprint density at radius 1 is 1.00 bits per heavy atom. The first-order chi connectivity index (χ1) is 15.7. The average molecular weight is 445 g/mol. The number of hydrogen-bond donors (Lipinski definition) is 1. The van der Waals surface area contributed by atoms with Crippen molar-refractivity contribution in [3.05, 3.63) is 71.8 Å². The van der Waals surface area contributed by atoms with Crippen molar-refractivity contribution < 1.29 is 4.79 Å². The number of amides is 1. The van der Waals surface area contributed by atoms with Crippen molar-refractivity contribution in [1.29, 1.82) is 0 Å². The van der Waals surface area contributed by atoms with Gasteiger partial charge >= 0.3 is 0 Å². The number of fused-ring (bicyclic) bond motifs is 2. The molecule has 2 heterocycles. The van der Waals surface area contributed by atoms with E-state index in [0.717, 1.165) is 66.1 Å². The van der Waals surface area contributed by atoms with Crippen molar-refractivity contribution in [2.45, 2.75) is 13.3 Å². The molecule has 0 aliphatic carbocycles. The van der Waals surface area contributed by atoms with E-state index in [-0.39, 0.29) is 5.91 Å². The molecule has 0 radical (unpaired) electrons. The zero-order valence-corrected chi connectivity index (χ0v) is 19.2. The van der Waals surface area contributed by atoms with E-state index in [1.165, 1.54) is 10.3 Å². The number of benzene rings is 3. The molecule has 4 aromatic rings. The summed E-state index contributed by atoms with van der Waals surface area (Å²) in [5, 5.41) is 6.45. The molecule has 0 unspecified atom stereocenters. The van der Waals surface area contributed by atoms with Gasteiger partial charge in [-0.15, -0.1) is 0 Å². The fourth-order valence-electron chi connectivity index (χ4n) is 4.23. The normalized spacial score (nSPS) is 14.8. The van der Waals surface area contributed by atoms with Crippen LogP contribution in [-0.4, -0.2) is 55.1 Å². The van der Waals surface area contributed by atoms with Crippen LogP contribution in [0.5, 0.6) is 0 Å². The number of thiazole rings is 1.